The van der Waals surface area contributed by atoms with Crippen molar-refractivity contribution >= 4 is 19.2 Å². The fourth-order valence-electron chi connectivity index (χ4n) is 0.876. The monoisotopic (exact) mass is 240 g/mol. The van der Waals surface area contributed by atoms with Crippen LogP contribution in [0.15, 0.2) is 10.8 Å². The first-order chi connectivity index (χ1) is 6.60. The van der Waals surface area contributed by atoms with Gasteiger partial charge in [0.05, 0.1) is 13.2 Å². The van der Waals surface area contributed by atoms with E-state index in [2.05, 4.69) is 0 Å². The summed E-state index contributed by atoms with van der Waals surface area (Å²) < 4.78 is 22.3. The minimum Gasteiger partial charge on any atom is -0.305 e. The van der Waals surface area contributed by atoms with Crippen molar-refractivity contribution in [2.45, 2.75) is 33.6 Å². The number of unbranched alkanes of at least 4 members (excludes halogenated alkanes) is 1. The van der Waals surface area contributed by atoms with Crippen LogP contribution in [0.25, 0.3) is 0 Å². The second-order valence-corrected chi connectivity index (χ2v) is 5.31. The molecule has 0 fully saturated rings. The molecule has 0 aromatic rings. The number of halogens is 1. The van der Waals surface area contributed by atoms with Gasteiger partial charge in [-0.3, -0.25) is 4.57 Å². The fourth-order valence-corrected chi connectivity index (χ4v) is 2.63. The molecule has 0 radical (unpaired) electrons. The minimum atomic E-state index is -3.21. The SMILES string of the molecule is CCC/C=C(/Cl)P(=O)(OCC)OCC. The average Bonchev–Trinajstić information content (AvgIpc) is 2.15. The Morgan fingerprint density at radius 3 is 2.14 bits per heavy atom. The van der Waals surface area contributed by atoms with E-state index in [1.54, 1.807) is 19.9 Å². The summed E-state index contributed by atoms with van der Waals surface area (Å²) in [6.45, 7) is 6.19. The van der Waals surface area contributed by atoms with Gasteiger partial charge in [-0.25, -0.2) is 0 Å². The number of rotatable bonds is 7. The van der Waals surface area contributed by atoms with Gasteiger partial charge in [-0.15, -0.1) is 0 Å². The Morgan fingerprint density at radius 1 is 1.29 bits per heavy atom. The summed E-state index contributed by atoms with van der Waals surface area (Å²) in [5, 5.41) is 0. The van der Waals surface area contributed by atoms with E-state index >= 15 is 0 Å². The lowest BCUT2D eigenvalue weighted by molar-refractivity contribution is 0.228. The van der Waals surface area contributed by atoms with Gasteiger partial charge in [0.15, 0.2) is 0 Å². The van der Waals surface area contributed by atoms with Crippen LogP contribution < -0.4 is 0 Å². The maximum absolute atomic E-state index is 12.0. The van der Waals surface area contributed by atoms with Gasteiger partial charge < -0.3 is 9.05 Å². The molecule has 0 amide bonds. The van der Waals surface area contributed by atoms with Crippen LogP contribution in [0.5, 0.6) is 0 Å². The van der Waals surface area contributed by atoms with Gasteiger partial charge in [-0.1, -0.05) is 31.0 Å². The van der Waals surface area contributed by atoms with E-state index in [4.69, 9.17) is 20.6 Å². The van der Waals surface area contributed by atoms with E-state index in [9.17, 15) is 4.57 Å². The largest absolute Gasteiger partial charge is 0.372 e. The highest BCUT2D eigenvalue weighted by Crippen LogP contribution is 2.57. The summed E-state index contributed by atoms with van der Waals surface area (Å²) in [5.41, 5.74) is 0. The predicted molar refractivity (Wildman–Crippen MR) is 59.7 cm³/mol. The van der Waals surface area contributed by atoms with Gasteiger partial charge in [-0.05, 0) is 20.3 Å². The van der Waals surface area contributed by atoms with Crippen LogP contribution in [0, 0.1) is 0 Å². The van der Waals surface area contributed by atoms with Gasteiger partial charge in [-0.2, -0.15) is 0 Å². The molecule has 3 nitrogen and oxygen atoms in total. The van der Waals surface area contributed by atoms with Gasteiger partial charge >= 0.3 is 7.60 Å². The van der Waals surface area contributed by atoms with Crippen LogP contribution in [-0.2, 0) is 13.6 Å². The molecule has 0 aromatic heterocycles. The lowest BCUT2D eigenvalue weighted by atomic mass is 10.3. The standard InChI is InChI=1S/C9H18ClO3P/c1-4-7-8-9(10)14(11,12-5-2)13-6-3/h8H,4-7H2,1-3H3/b9-8-. The second kappa shape index (κ2) is 7.47. The van der Waals surface area contributed by atoms with Crippen molar-refractivity contribution < 1.29 is 13.6 Å². The third-order valence-corrected chi connectivity index (χ3v) is 4.14. The quantitative estimate of drug-likeness (QED) is 0.628. The van der Waals surface area contributed by atoms with Gasteiger partial charge in [0, 0.05) is 0 Å². The Hall–Kier alpha value is 0.180. The Balaban J connectivity index is 4.54. The Labute approximate surface area is 91.0 Å². The summed E-state index contributed by atoms with van der Waals surface area (Å²) in [7, 11) is -3.21. The summed E-state index contributed by atoms with van der Waals surface area (Å²) in [5.74, 6) is 0. The van der Waals surface area contributed by atoms with Crippen LogP contribution >= 0.6 is 19.2 Å². The fraction of sp³-hybridized carbons (Fsp3) is 0.778. The van der Waals surface area contributed by atoms with E-state index < -0.39 is 7.60 Å². The molecule has 0 aliphatic carbocycles. The number of hydrogen-bond donors (Lipinski definition) is 0. The molecule has 0 saturated heterocycles. The predicted octanol–water partition coefficient (Wildman–Crippen LogP) is 4.13. The topological polar surface area (TPSA) is 35.5 Å². The zero-order chi connectivity index (χ0) is 11.0. The van der Waals surface area contributed by atoms with Crippen molar-refractivity contribution in [1.82, 2.24) is 0 Å². The van der Waals surface area contributed by atoms with Crippen LogP contribution in [0.4, 0.5) is 0 Å². The zero-order valence-corrected chi connectivity index (χ0v) is 10.6. The smallest absolute Gasteiger partial charge is 0.305 e. The molecule has 5 heteroatoms. The van der Waals surface area contributed by atoms with Gasteiger partial charge in [0.25, 0.3) is 0 Å². The molecular formula is C9H18ClO3P. The van der Waals surface area contributed by atoms with Crippen molar-refractivity contribution in [3.63, 3.8) is 0 Å². The molecule has 0 aliphatic heterocycles. The third-order valence-electron chi connectivity index (χ3n) is 1.46. The molecule has 0 atom stereocenters. The van der Waals surface area contributed by atoms with Crippen LogP contribution in [-0.4, -0.2) is 13.2 Å². The summed E-state index contributed by atoms with van der Waals surface area (Å²) in [6.07, 6.45) is 3.44. The lowest BCUT2D eigenvalue weighted by Gasteiger charge is -2.15. The average molecular weight is 241 g/mol. The molecule has 0 bridgehead atoms. The molecule has 14 heavy (non-hydrogen) atoms. The third kappa shape index (κ3) is 4.61. The summed E-state index contributed by atoms with van der Waals surface area (Å²) >= 11 is 5.87. The van der Waals surface area contributed by atoms with Crippen LogP contribution in [0.3, 0.4) is 0 Å². The Morgan fingerprint density at radius 2 is 1.79 bits per heavy atom. The highest BCUT2D eigenvalue weighted by molar-refractivity contribution is 7.61. The maximum Gasteiger partial charge on any atom is 0.372 e. The van der Waals surface area contributed by atoms with Gasteiger partial charge in [0.2, 0.25) is 0 Å². The summed E-state index contributed by atoms with van der Waals surface area (Å²) in [4.78, 5) is 0. The first-order valence-corrected chi connectivity index (χ1v) is 6.78. The molecule has 0 N–H and O–H groups in total. The van der Waals surface area contributed by atoms with Crippen LogP contribution in [0.2, 0.25) is 0 Å². The summed E-state index contributed by atoms with van der Waals surface area (Å²) in [6, 6.07) is 0. The molecule has 0 heterocycles. The van der Waals surface area contributed by atoms with E-state index in [0.29, 0.717) is 13.2 Å². The molecule has 0 aliphatic rings. The van der Waals surface area contributed by atoms with Crippen molar-refractivity contribution in [2.24, 2.45) is 0 Å². The molecular weight excluding hydrogens is 223 g/mol. The van der Waals surface area contributed by atoms with Crippen molar-refractivity contribution in [3.8, 4) is 0 Å². The second-order valence-electron chi connectivity index (χ2n) is 2.65. The molecule has 0 saturated carbocycles. The highest BCUT2D eigenvalue weighted by atomic mass is 35.5. The lowest BCUT2D eigenvalue weighted by Crippen LogP contribution is -1.95. The van der Waals surface area contributed by atoms with Crippen LogP contribution in [0.1, 0.15) is 33.6 Å². The first kappa shape index (κ1) is 14.2. The molecule has 0 aromatic carbocycles. The maximum atomic E-state index is 12.0. The molecule has 0 spiro atoms. The first-order valence-electron chi connectivity index (χ1n) is 4.86. The van der Waals surface area contributed by atoms with Crippen molar-refractivity contribution in [1.29, 1.82) is 0 Å². The molecule has 0 rings (SSSR count). The van der Waals surface area contributed by atoms with E-state index in [1.807, 2.05) is 6.92 Å². The normalized spacial score (nSPS) is 13.3. The highest BCUT2D eigenvalue weighted by Gasteiger charge is 2.27. The minimum absolute atomic E-state index is 0.197. The van der Waals surface area contributed by atoms with E-state index in [-0.39, 0.29) is 4.77 Å². The molecule has 84 valence electrons. The zero-order valence-electron chi connectivity index (χ0n) is 8.96. The Bertz CT molecular complexity index is 218. The van der Waals surface area contributed by atoms with Gasteiger partial charge in [0.1, 0.15) is 4.77 Å². The van der Waals surface area contributed by atoms with Crippen molar-refractivity contribution in [3.05, 3.63) is 10.8 Å². The molecule has 0 unspecified atom stereocenters. The van der Waals surface area contributed by atoms with E-state index in [0.717, 1.165) is 12.8 Å². The Kier molecular flexibility index (Phi) is 7.56. The number of hydrogen-bond acceptors (Lipinski definition) is 3. The number of allylic oxidation sites excluding steroid dienone is 1. The van der Waals surface area contributed by atoms with Crippen molar-refractivity contribution in [2.75, 3.05) is 13.2 Å². The van der Waals surface area contributed by atoms with E-state index in [1.165, 1.54) is 0 Å².